The fourth-order valence-electron chi connectivity index (χ4n) is 3.04. The summed E-state index contributed by atoms with van der Waals surface area (Å²) in [5.74, 6) is -0.618. The monoisotopic (exact) mass is 371 g/mol. The molecule has 2 aliphatic rings. The first-order valence-corrected chi connectivity index (χ1v) is 8.15. The highest BCUT2D eigenvalue weighted by atomic mass is 16.6. The van der Waals surface area contributed by atoms with E-state index < -0.39 is 41.8 Å². The van der Waals surface area contributed by atoms with E-state index in [4.69, 9.17) is 19.4 Å². The maximum absolute atomic E-state index is 12.2. The highest BCUT2D eigenvalue weighted by Gasteiger charge is 2.48. The van der Waals surface area contributed by atoms with Crippen molar-refractivity contribution < 1.29 is 34.4 Å². The summed E-state index contributed by atoms with van der Waals surface area (Å²) in [5, 5.41) is 29.1. The fourth-order valence-corrected chi connectivity index (χ4v) is 3.04. The minimum atomic E-state index is -1.42. The third kappa shape index (κ3) is 3.19. The van der Waals surface area contributed by atoms with Crippen LogP contribution >= 0.6 is 0 Å². The second-order valence-corrected chi connectivity index (χ2v) is 6.31. The van der Waals surface area contributed by atoms with Gasteiger partial charge in [-0.2, -0.15) is 4.98 Å². The van der Waals surface area contributed by atoms with Crippen LogP contribution in [0.1, 0.15) is 25.5 Å². The van der Waals surface area contributed by atoms with Crippen molar-refractivity contribution in [1.82, 2.24) is 9.55 Å². The molecule has 1 saturated carbocycles. The molecule has 4 atom stereocenters. The van der Waals surface area contributed by atoms with Gasteiger partial charge in [0.05, 0.1) is 0 Å². The highest BCUT2D eigenvalue weighted by Crippen LogP contribution is 2.36. The van der Waals surface area contributed by atoms with Gasteiger partial charge in [-0.15, -0.1) is 0 Å². The van der Waals surface area contributed by atoms with Gasteiger partial charge in [0.15, 0.2) is 17.6 Å². The first kappa shape index (κ1) is 18.7. The molecule has 26 heavy (non-hydrogen) atoms. The largest absolute Gasteiger partial charge is 0.461 e. The number of anilines is 1. The lowest BCUT2D eigenvalue weighted by atomic mass is 9.80. The second-order valence-electron chi connectivity index (χ2n) is 6.31. The van der Waals surface area contributed by atoms with Crippen LogP contribution in [0.25, 0.3) is 0 Å². The molecule has 1 aliphatic carbocycles. The first-order chi connectivity index (χ1) is 12.4. The number of esters is 1. The zero-order valence-electron chi connectivity index (χ0n) is 14.1. The Morgan fingerprint density at radius 1 is 1.46 bits per heavy atom. The summed E-state index contributed by atoms with van der Waals surface area (Å²) in [5.41, 5.74) is -0.0178. The lowest BCUT2D eigenvalue weighted by Gasteiger charge is -2.37. The van der Waals surface area contributed by atoms with Gasteiger partial charge in [0.2, 0.25) is 0 Å². The molecular weight excluding hydrogens is 350 g/mol. The van der Waals surface area contributed by atoms with E-state index in [-0.39, 0.29) is 12.4 Å². The predicted molar refractivity (Wildman–Crippen MR) is 84.4 cm³/mol. The number of nitrogens with one attached hydrogen (secondary N) is 1. The minimum absolute atomic E-state index is 0.0740. The topological polar surface area (TPSA) is 152 Å². The Bertz CT molecular complexity index is 714. The molecule has 0 aromatic carbocycles. The Labute approximate surface area is 148 Å². The van der Waals surface area contributed by atoms with E-state index in [2.05, 4.69) is 4.98 Å². The summed E-state index contributed by atoms with van der Waals surface area (Å²) in [6, 6.07) is 1.29. The summed E-state index contributed by atoms with van der Waals surface area (Å²) < 4.78 is 16.9. The van der Waals surface area contributed by atoms with Gasteiger partial charge >= 0.3 is 11.7 Å². The number of carbonyl (C=O) groups is 1. The molecule has 0 amide bonds. The van der Waals surface area contributed by atoms with E-state index >= 15 is 0 Å². The van der Waals surface area contributed by atoms with E-state index in [1.165, 1.54) is 19.4 Å². The van der Waals surface area contributed by atoms with Gasteiger partial charge in [-0.1, -0.05) is 0 Å². The lowest BCUT2D eigenvalue weighted by molar-refractivity contribution is -0.185. The molecule has 1 aromatic rings. The first-order valence-electron chi connectivity index (χ1n) is 8.15. The van der Waals surface area contributed by atoms with Gasteiger partial charge in [-0.25, -0.2) is 9.59 Å². The van der Waals surface area contributed by atoms with Gasteiger partial charge in [0, 0.05) is 13.3 Å². The molecular formula is C15H21N3O8. The summed E-state index contributed by atoms with van der Waals surface area (Å²) in [4.78, 5) is 27.6. The van der Waals surface area contributed by atoms with Crippen LogP contribution in [0, 0.1) is 0 Å². The quantitative estimate of drug-likeness (QED) is 0.353. The van der Waals surface area contributed by atoms with Crippen molar-refractivity contribution in [3.63, 3.8) is 0 Å². The summed E-state index contributed by atoms with van der Waals surface area (Å²) >= 11 is 0. The molecule has 0 unspecified atom stereocenters. The van der Waals surface area contributed by atoms with Gasteiger partial charge < -0.3 is 24.4 Å². The maximum Gasteiger partial charge on any atom is 0.351 e. The van der Waals surface area contributed by atoms with Crippen LogP contribution in [0.2, 0.25) is 0 Å². The molecule has 0 radical (unpaired) electrons. The van der Waals surface area contributed by atoms with Crippen molar-refractivity contribution in [3.05, 3.63) is 22.7 Å². The molecule has 11 heteroatoms. The van der Waals surface area contributed by atoms with Crippen molar-refractivity contribution in [2.75, 3.05) is 19.2 Å². The number of carbonyl (C=O) groups excluding carboxylic acids is 1. The average Bonchev–Trinajstić information content (AvgIpc) is 2.87. The number of nitrogens with zero attached hydrogens (tertiary/aromatic N) is 2. The average molecular weight is 371 g/mol. The van der Waals surface area contributed by atoms with Crippen molar-refractivity contribution in [1.29, 1.82) is 0 Å². The van der Waals surface area contributed by atoms with Gasteiger partial charge in [0.1, 0.15) is 24.9 Å². The number of hydrogen-bond acceptors (Lipinski definition) is 10. The smallest absolute Gasteiger partial charge is 0.351 e. The van der Waals surface area contributed by atoms with Gasteiger partial charge in [-0.3, -0.25) is 15.3 Å². The molecule has 0 bridgehead atoms. The Hall–Kier alpha value is -2.05. The molecule has 1 aromatic heterocycles. The number of aliphatic hydroxyl groups is 2. The second kappa shape index (κ2) is 7.29. The van der Waals surface area contributed by atoms with E-state index in [9.17, 15) is 19.8 Å². The van der Waals surface area contributed by atoms with Crippen molar-refractivity contribution in [2.45, 2.75) is 49.4 Å². The molecule has 1 saturated heterocycles. The summed E-state index contributed by atoms with van der Waals surface area (Å²) in [6.07, 6.45) is -1.78. The Kier molecular flexibility index (Phi) is 5.25. The molecule has 2 fully saturated rings. The molecule has 4 N–H and O–H groups in total. The number of hydrogen-bond donors (Lipinski definition) is 4. The molecule has 3 rings (SSSR count). The Morgan fingerprint density at radius 2 is 2.19 bits per heavy atom. The number of methoxy groups -OCH3 is 1. The molecule has 1 aliphatic heterocycles. The van der Waals surface area contributed by atoms with Gasteiger partial charge in [0.25, 0.3) is 0 Å². The van der Waals surface area contributed by atoms with Crippen molar-refractivity contribution in [2.24, 2.45) is 0 Å². The van der Waals surface area contributed by atoms with E-state index in [0.29, 0.717) is 12.8 Å². The van der Waals surface area contributed by atoms with Gasteiger partial charge in [-0.05, 0) is 25.3 Å². The Balaban J connectivity index is 1.66. The van der Waals surface area contributed by atoms with Crippen molar-refractivity contribution in [3.8, 4) is 0 Å². The zero-order chi connectivity index (χ0) is 18.9. The summed E-state index contributed by atoms with van der Waals surface area (Å²) in [7, 11) is 1.44. The normalized spacial score (nSPS) is 29.8. The molecule has 2 heterocycles. The lowest BCUT2D eigenvalue weighted by Crippen LogP contribution is -2.49. The van der Waals surface area contributed by atoms with Crippen LogP contribution in [0.3, 0.4) is 0 Å². The zero-order valence-corrected chi connectivity index (χ0v) is 14.1. The van der Waals surface area contributed by atoms with Crippen LogP contribution in [-0.2, 0) is 19.0 Å². The number of aromatic nitrogens is 2. The van der Waals surface area contributed by atoms with Crippen LogP contribution in [0.4, 0.5) is 5.82 Å². The third-order valence-corrected chi connectivity index (χ3v) is 4.86. The van der Waals surface area contributed by atoms with E-state index in [1.54, 1.807) is 5.48 Å². The van der Waals surface area contributed by atoms with E-state index in [0.717, 1.165) is 11.0 Å². The van der Waals surface area contributed by atoms with Crippen LogP contribution in [0.15, 0.2) is 17.1 Å². The third-order valence-electron chi connectivity index (χ3n) is 4.86. The standard InChI is InChI=1S/C15H21N3O8/c1-24-15(4-2-5-15)13(21)25-7-8-10(19)11(20)12(26-8)18-6-3-9(17-23)16-14(18)22/h3,6,8,10-12,19-20,23H,2,4-5,7H2,1H3,(H,16,17,22)/t8-,10-,11-,12-/m1/s1. The maximum atomic E-state index is 12.2. The number of aliphatic hydroxyl groups excluding tert-OH is 2. The van der Waals surface area contributed by atoms with Crippen LogP contribution in [-0.4, -0.2) is 68.6 Å². The van der Waals surface area contributed by atoms with Crippen molar-refractivity contribution >= 4 is 11.8 Å². The highest BCUT2D eigenvalue weighted by molar-refractivity contribution is 5.80. The summed E-state index contributed by atoms with van der Waals surface area (Å²) in [6.45, 7) is -0.295. The fraction of sp³-hybridized carbons (Fsp3) is 0.667. The van der Waals surface area contributed by atoms with Crippen LogP contribution in [0.5, 0.6) is 0 Å². The Morgan fingerprint density at radius 3 is 2.73 bits per heavy atom. The minimum Gasteiger partial charge on any atom is -0.461 e. The molecule has 11 nitrogen and oxygen atoms in total. The predicted octanol–water partition coefficient (Wildman–Crippen LogP) is -1.22. The van der Waals surface area contributed by atoms with E-state index in [1.807, 2.05) is 0 Å². The van der Waals surface area contributed by atoms with Crippen LogP contribution < -0.4 is 11.2 Å². The molecule has 0 spiro atoms. The molecule has 144 valence electrons. The number of ether oxygens (including phenoxy) is 3. The number of rotatable bonds is 6. The SMILES string of the molecule is COC1(C(=O)OC[C@H]2O[C@@H](n3ccc(NO)nc3=O)[C@H](O)[C@@H]2O)CCC1.